The van der Waals surface area contributed by atoms with Crippen molar-refractivity contribution in [3.05, 3.63) is 35.4 Å². The van der Waals surface area contributed by atoms with Crippen LogP contribution in [0.3, 0.4) is 0 Å². The fourth-order valence-electron chi connectivity index (χ4n) is 3.62. The molecule has 0 unspecified atom stereocenters. The van der Waals surface area contributed by atoms with E-state index in [0.29, 0.717) is 6.42 Å². The maximum atomic E-state index is 12.2. The van der Waals surface area contributed by atoms with Crippen molar-refractivity contribution in [1.82, 2.24) is 0 Å². The number of rotatable bonds is 8. The Balaban J connectivity index is 1.67. The van der Waals surface area contributed by atoms with Crippen LogP contribution in [0.4, 0.5) is 4.39 Å². The minimum Gasteiger partial charge on any atom is -0.251 e. The van der Waals surface area contributed by atoms with Gasteiger partial charge in [-0.2, -0.15) is 5.26 Å². The molecular weight excluding hydrogens is 273 g/mol. The Bertz CT molecular complexity index is 452. The van der Waals surface area contributed by atoms with Crippen molar-refractivity contribution in [3.63, 3.8) is 0 Å². The van der Waals surface area contributed by atoms with Crippen LogP contribution in [-0.4, -0.2) is 6.67 Å². The van der Waals surface area contributed by atoms with Crippen LogP contribution in [0.1, 0.15) is 62.5 Å². The van der Waals surface area contributed by atoms with Gasteiger partial charge in [0.2, 0.25) is 0 Å². The third kappa shape index (κ3) is 5.79. The number of alkyl halides is 1. The summed E-state index contributed by atoms with van der Waals surface area (Å²) < 4.78 is 12.2. The molecule has 1 aliphatic rings. The molecule has 0 atom stereocenters. The quantitative estimate of drug-likeness (QED) is 0.610. The van der Waals surface area contributed by atoms with Gasteiger partial charge in [-0.15, -0.1) is 0 Å². The number of aryl methyl sites for hydroxylation is 2. The van der Waals surface area contributed by atoms with Gasteiger partial charge in [-0.05, 0) is 55.1 Å². The van der Waals surface area contributed by atoms with E-state index in [2.05, 4.69) is 30.3 Å². The Labute approximate surface area is 134 Å². The average molecular weight is 301 g/mol. The van der Waals surface area contributed by atoms with Crippen molar-refractivity contribution >= 4 is 0 Å². The van der Waals surface area contributed by atoms with E-state index in [4.69, 9.17) is 5.26 Å². The number of hydrogen-bond acceptors (Lipinski definition) is 1. The second-order valence-electron chi connectivity index (χ2n) is 6.73. The van der Waals surface area contributed by atoms with Crippen molar-refractivity contribution in [1.29, 1.82) is 5.26 Å². The highest BCUT2D eigenvalue weighted by molar-refractivity contribution is 5.23. The first kappa shape index (κ1) is 17.0. The summed E-state index contributed by atoms with van der Waals surface area (Å²) in [5, 5.41) is 8.61. The Kier molecular flexibility index (Phi) is 7.43. The van der Waals surface area contributed by atoms with Crippen LogP contribution in [0.25, 0.3) is 0 Å². The minimum absolute atomic E-state index is 0.149. The zero-order chi connectivity index (χ0) is 15.6. The van der Waals surface area contributed by atoms with Gasteiger partial charge in [0.1, 0.15) is 0 Å². The Hall–Kier alpha value is -1.36. The van der Waals surface area contributed by atoms with Crippen LogP contribution in [0, 0.1) is 23.2 Å². The van der Waals surface area contributed by atoms with E-state index in [9.17, 15) is 4.39 Å². The normalized spacial score (nSPS) is 21.5. The number of hydrogen-bond donors (Lipinski definition) is 0. The maximum absolute atomic E-state index is 12.2. The summed E-state index contributed by atoms with van der Waals surface area (Å²) in [4.78, 5) is 0. The lowest BCUT2D eigenvalue weighted by Gasteiger charge is -2.28. The molecule has 0 amide bonds. The summed E-state index contributed by atoms with van der Waals surface area (Å²) >= 11 is 0. The maximum Gasteiger partial charge on any atom is 0.0894 e. The van der Waals surface area contributed by atoms with Crippen LogP contribution in [0.15, 0.2) is 24.3 Å². The Morgan fingerprint density at radius 1 is 0.909 bits per heavy atom. The van der Waals surface area contributed by atoms with Gasteiger partial charge in [0.15, 0.2) is 0 Å². The highest BCUT2D eigenvalue weighted by Crippen LogP contribution is 2.33. The third-order valence-electron chi connectivity index (χ3n) is 5.10. The number of nitrogens with zero attached hydrogens (tertiary/aromatic N) is 1. The fourth-order valence-corrected chi connectivity index (χ4v) is 3.62. The largest absolute Gasteiger partial charge is 0.251 e. The molecule has 1 aliphatic carbocycles. The van der Waals surface area contributed by atoms with Crippen molar-refractivity contribution in [2.75, 3.05) is 6.67 Å². The van der Waals surface area contributed by atoms with E-state index in [1.54, 1.807) is 0 Å². The minimum atomic E-state index is -0.149. The molecule has 1 nitrogen and oxygen atoms in total. The molecule has 0 aromatic heterocycles. The molecule has 0 spiro atoms. The van der Waals surface area contributed by atoms with Crippen LogP contribution >= 0.6 is 0 Å². The Morgan fingerprint density at radius 2 is 1.45 bits per heavy atom. The molecule has 2 rings (SSSR count). The van der Waals surface area contributed by atoms with Gasteiger partial charge < -0.3 is 0 Å². The van der Waals surface area contributed by atoms with Gasteiger partial charge >= 0.3 is 0 Å². The van der Waals surface area contributed by atoms with Crippen molar-refractivity contribution < 1.29 is 4.39 Å². The first-order valence-corrected chi connectivity index (χ1v) is 8.82. The van der Waals surface area contributed by atoms with E-state index in [1.807, 2.05) is 0 Å². The molecule has 1 aromatic carbocycles. The van der Waals surface area contributed by atoms with E-state index < -0.39 is 0 Å². The second-order valence-corrected chi connectivity index (χ2v) is 6.73. The fraction of sp³-hybridized carbons (Fsp3) is 0.650. The van der Waals surface area contributed by atoms with E-state index in [0.717, 1.165) is 31.1 Å². The second kappa shape index (κ2) is 9.62. The molecule has 1 aromatic rings. The number of benzene rings is 1. The number of halogens is 1. The molecule has 0 aliphatic heterocycles. The predicted octanol–water partition coefficient (Wildman–Crippen LogP) is 5.63. The smallest absolute Gasteiger partial charge is 0.0894 e. The summed E-state index contributed by atoms with van der Waals surface area (Å²) in [6, 6.07) is 11.0. The van der Waals surface area contributed by atoms with Gasteiger partial charge in [0.25, 0.3) is 0 Å². The molecule has 120 valence electrons. The Morgan fingerprint density at radius 3 is 2.00 bits per heavy atom. The monoisotopic (exact) mass is 301 g/mol. The van der Waals surface area contributed by atoms with Gasteiger partial charge in [0, 0.05) is 6.42 Å². The highest BCUT2D eigenvalue weighted by Gasteiger charge is 2.20. The molecule has 0 N–H and O–H groups in total. The zero-order valence-corrected chi connectivity index (χ0v) is 13.6. The molecule has 22 heavy (non-hydrogen) atoms. The molecule has 0 bridgehead atoms. The van der Waals surface area contributed by atoms with Gasteiger partial charge in [-0.1, -0.05) is 49.9 Å². The summed E-state index contributed by atoms with van der Waals surface area (Å²) in [5.41, 5.74) is 2.68. The lowest BCUT2D eigenvalue weighted by atomic mass is 9.78. The topological polar surface area (TPSA) is 23.8 Å². The summed E-state index contributed by atoms with van der Waals surface area (Å²) in [5.74, 6) is 1.64. The van der Waals surface area contributed by atoms with E-state index >= 15 is 0 Å². The standard InChI is InChI=1S/C20H28FN/c21-15-1-3-17-5-9-19(10-6-17)13-14-20-11-7-18(8-12-20)4-2-16-22/h7-8,11-12,17,19H,1-6,9-10,13-15H2. The average Bonchev–Trinajstić information content (AvgIpc) is 2.58. The van der Waals surface area contributed by atoms with Crippen molar-refractivity contribution in [2.45, 2.75) is 64.2 Å². The van der Waals surface area contributed by atoms with E-state index in [-0.39, 0.29) is 6.67 Å². The lowest BCUT2D eigenvalue weighted by molar-refractivity contribution is 0.245. The van der Waals surface area contributed by atoms with Crippen LogP contribution < -0.4 is 0 Å². The van der Waals surface area contributed by atoms with Crippen molar-refractivity contribution in [2.24, 2.45) is 11.8 Å². The van der Waals surface area contributed by atoms with Gasteiger partial charge in [0.05, 0.1) is 12.7 Å². The molecule has 0 saturated heterocycles. The van der Waals surface area contributed by atoms with Gasteiger partial charge in [-0.3, -0.25) is 4.39 Å². The molecule has 0 heterocycles. The summed E-state index contributed by atoms with van der Waals surface area (Å²) in [6.07, 6.45) is 11.0. The lowest BCUT2D eigenvalue weighted by Crippen LogP contribution is -2.15. The molecular formula is C20H28FN. The van der Waals surface area contributed by atoms with Crippen molar-refractivity contribution in [3.8, 4) is 6.07 Å². The van der Waals surface area contributed by atoms with Crippen LogP contribution in [0.5, 0.6) is 0 Å². The van der Waals surface area contributed by atoms with Crippen LogP contribution in [0.2, 0.25) is 0 Å². The molecule has 2 heteroatoms. The first-order chi connectivity index (χ1) is 10.8. The zero-order valence-electron chi connectivity index (χ0n) is 13.6. The molecule has 1 fully saturated rings. The van der Waals surface area contributed by atoms with Gasteiger partial charge in [-0.25, -0.2) is 0 Å². The first-order valence-electron chi connectivity index (χ1n) is 8.82. The predicted molar refractivity (Wildman–Crippen MR) is 89.4 cm³/mol. The highest BCUT2D eigenvalue weighted by atomic mass is 19.1. The summed E-state index contributed by atoms with van der Waals surface area (Å²) in [6.45, 7) is -0.149. The van der Waals surface area contributed by atoms with Crippen LogP contribution in [-0.2, 0) is 12.8 Å². The summed E-state index contributed by atoms with van der Waals surface area (Å²) in [7, 11) is 0. The molecule has 0 radical (unpaired) electrons. The molecule has 1 saturated carbocycles. The number of nitriles is 1. The third-order valence-corrected chi connectivity index (χ3v) is 5.10. The van der Waals surface area contributed by atoms with E-state index in [1.165, 1.54) is 49.7 Å². The SMILES string of the molecule is N#CCCc1ccc(CCC2CCC(CCCF)CC2)cc1.